The summed E-state index contributed by atoms with van der Waals surface area (Å²) in [5.41, 5.74) is 4.73. The number of likely N-dealkylation sites (tertiary alicyclic amines) is 1. The summed E-state index contributed by atoms with van der Waals surface area (Å²) in [6.07, 6.45) is 13.0. The summed E-state index contributed by atoms with van der Waals surface area (Å²) >= 11 is 0. The Labute approximate surface area is 235 Å². The summed E-state index contributed by atoms with van der Waals surface area (Å²) in [7, 11) is 0. The molecular formula is C33H48N4O2. The minimum Gasteiger partial charge on any atom is -0.335 e. The van der Waals surface area contributed by atoms with Gasteiger partial charge in [-0.15, -0.1) is 0 Å². The van der Waals surface area contributed by atoms with E-state index in [4.69, 9.17) is 0 Å². The highest BCUT2D eigenvalue weighted by Gasteiger charge is 2.31. The van der Waals surface area contributed by atoms with Crippen LogP contribution in [0.1, 0.15) is 110 Å². The molecule has 2 heterocycles. The molecule has 2 fully saturated rings. The highest BCUT2D eigenvalue weighted by molar-refractivity contribution is 5.97. The van der Waals surface area contributed by atoms with E-state index < -0.39 is 0 Å². The van der Waals surface area contributed by atoms with E-state index in [-0.39, 0.29) is 5.78 Å². The van der Waals surface area contributed by atoms with Gasteiger partial charge in [0.15, 0.2) is 5.78 Å². The van der Waals surface area contributed by atoms with Crippen molar-refractivity contribution in [2.24, 2.45) is 5.92 Å². The lowest BCUT2D eigenvalue weighted by Crippen LogP contribution is -2.49. The van der Waals surface area contributed by atoms with Crippen LogP contribution < -0.4 is 0 Å². The monoisotopic (exact) mass is 532 g/mol. The van der Waals surface area contributed by atoms with Crippen molar-refractivity contribution < 1.29 is 9.59 Å². The predicted octanol–water partition coefficient (Wildman–Crippen LogP) is 6.61. The molecule has 4 rings (SSSR count). The summed E-state index contributed by atoms with van der Waals surface area (Å²) in [5, 5.41) is 0. The van der Waals surface area contributed by atoms with Gasteiger partial charge in [0.05, 0.1) is 17.0 Å². The molecule has 0 bridgehead atoms. The van der Waals surface area contributed by atoms with Crippen LogP contribution in [0.3, 0.4) is 0 Å². The van der Waals surface area contributed by atoms with Gasteiger partial charge in [-0.3, -0.25) is 9.59 Å². The molecule has 1 aromatic carbocycles. The Balaban J connectivity index is 1.30. The molecule has 1 aliphatic heterocycles. The lowest BCUT2D eigenvalue weighted by molar-refractivity contribution is -0.136. The first-order valence-electron chi connectivity index (χ1n) is 15.2. The SMILES string of the molecule is Cc1cccc(CN(C(=O)CC2CCCCC2)C2CCN(C(C)CCCC(=O)c3c(C)ncnc3C)CC2)c1. The van der Waals surface area contributed by atoms with Gasteiger partial charge in [-0.1, -0.05) is 49.1 Å². The van der Waals surface area contributed by atoms with Crippen LogP contribution in [0.15, 0.2) is 30.6 Å². The van der Waals surface area contributed by atoms with E-state index in [0.717, 1.165) is 56.7 Å². The van der Waals surface area contributed by atoms with Gasteiger partial charge in [0, 0.05) is 44.6 Å². The molecule has 1 atom stereocenters. The number of carbonyl (C=O) groups is 2. The van der Waals surface area contributed by atoms with Crippen LogP contribution in [0.2, 0.25) is 0 Å². The molecule has 6 nitrogen and oxygen atoms in total. The Morgan fingerprint density at radius 1 is 1.00 bits per heavy atom. The van der Waals surface area contributed by atoms with Gasteiger partial charge in [0.25, 0.3) is 0 Å². The predicted molar refractivity (Wildman–Crippen MR) is 157 cm³/mol. The number of ketones is 1. The number of hydrogen-bond acceptors (Lipinski definition) is 5. The maximum absolute atomic E-state index is 13.7. The first-order valence-corrected chi connectivity index (χ1v) is 15.2. The molecule has 1 saturated carbocycles. The fourth-order valence-corrected chi connectivity index (χ4v) is 6.68. The fraction of sp³-hybridized carbons (Fsp3) is 0.636. The number of rotatable bonds is 11. The number of aryl methyl sites for hydroxylation is 3. The first kappa shape index (κ1) is 29.4. The molecule has 1 amide bonds. The Bertz CT molecular complexity index is 1080. The molecule has 39 heavy (non-hydrogen) atoms. The summed E-state index contributed by atoms with van der Waals surface area (Å²) in [5.74, 6) is 1.06. The van der Waals surface area contributed by atoms with E-state index in [1.807, 2.05) is 13.8 Å². The average Bonchev–Trinajstić information content (AvgIpc) is 2.92. The first-order chi connectivity index (χ1) is 18.8. The van der Waals surface area contributed by atoms with Crippen LogP contribution in [0.5, 0.6) is 0 Å². The Morgan fingerprint density at radius 2 is 1.69 bits per heavy atom. The molecule has 2 aromatic rings. The van der Waals surface area contributed by atoms with Crippen LogP contribution in [0.25, 0.3) is 0 Å². The zero-order chi connectivity index (χ0) is 27.8. The number of Topliss-reactive ketones (excluding diaryl/α,β-unsaturated/α-hetero) is 1. The molecular weight excluding hydrogens is 484 g/mol. The standard InChI is InChI=1S/C33H48N4O2/c1-24-10-8-14-29(20-24)22-37(32(39)21-28-12-6-5-7-13-28)30-16-18-36(19-17-30)25(2)11-9-15-31(38)33-26(3)34-23-35-27(33)4/h8,10,14,20,23,25,28,30H,5-7,9,11-13,15-19,21-22H2,1-4H3. The molecule has 2 aliphatic rings. The molecule has 1 saturated heterocycles. The van der Waals surface area contributed by atoms with Gasteiger partial charge in [0.2, 0.25) is 5.91 Å². The maximum Gasteiger partial charge on any atom is 0.223 e. The third-order valence-corrected chi connectivity index (χ3v) is 9.04. The third-order valence-electron chi connectivity index (χ3n) is 9.04. The van der Waals surface area contributed by atoms with Crippen molar-refractivity contribution in [3.63, 3.8) is 0 Å². The van der Waals surface area contributed by atoms with E-state index >= 15 is 0 Å². The minimum atomic E-state index is 0.153. The van der Waals surface area contributed by atoms with Crippen LogP contribution >= 0.6 is 0 Å². The van der Waals surface area contributed by atoms with E-state index in [1.165, 1.54) is 49.6 Å². The van der Waals surface area contributed by atoms with Crippen LogP contribution in [0.4, 0.5) is 0 Å². The highest BCUT2D eigenvalue weighted by Crippen LogP contribution is 2.29. The number of piperidine rings is 1. The molecule has 1 aliphatic carbocycles. The number of aromatic nitrogens is 2. The lowest BCUT2D eigenvalue weighted by atomic mass is 9.86. The van der Waals surface area contributed by atoms with Crippen molar-refractivity contribution in [3.8, 4) is 0 Å². The number of carbonyl (C=O) groups excluding carboxylic acids is 2. The van der Waals surface area contributed by atoms with Gasteiger partial charge >= 0.3 is 0 Å². The Morgan fingerprint density at radius 3 is 2.36 bits per heavy atom. The zero-order valence-corrected chi connectivity index (χ0v) is 24.6. The van der Waals surface area contributed by atoms with E-state index in [0.29, 0.717) is 42.3 Å². The summed E-state index contributed by atoms with van der Waals surface area (Å²) in [4.78, 5) is 39.7. The average molecular weight is 533 g/mol. The smallest absolute Gasteiger partial charge is 0.223 e. The van der Waals surface area contributed by atoms with Crippen molar-refractivity contribution >= 4 is 11.7 Å². The third kappa shape index (κ3) is 8.20. The van der Waals surface area contributed by atoms with Crippen LogP contribution in [-0.2, 0) is 11.3 Å². The normalized spacial score (nSPS) is 18.2. The maximum atomic E-state index is 13.7. The summed E-state index contributed by atoms with van der Waals surface area (Å²) in [6.45, 7) is 10.9. The highest BCUT2D eigenvalue weighted by atomic mass is 16.2. The second kappa shape index (κ2) is 14.2. The van der Waals surface area contributed by atoms with Crippen LogP contribution in [0, 0.1) is 26.7 Å². The number of nitrogens with zero attached hydrogens (tertiary/aromatic N) is 4. The number of hydrogen-bond donors (Lipinski definition) is 0. The van der Waals surface area contributed by atoms with E-state index in [2.05, 4.69) is 57.9 Å². The van der Waals surface area contributed by atoms with Crippen molar-refractivity contribution in [2.45, 2.75) is 117 Å². The quantitative estimate of drug-likeness (QED) is 0.305. The molecule has 0 N–H and O–H groups in total. The van der Waals surface area contributed by atoms with Crippen molar-refractivity contribution in [1.82, 2.24) is 19.8 Å². The largest absolute Gasteiger partial charge is 0.335 e. The lowest BCUT2D eigenvalue weighted by Gasteiger charge is -2.41. The zero-order valence-electron chi connectivity index (χ0n) is 24.6. The van der Waals surface area contributed by atoms with E-state index in [9.17, 15) is 9.59 Å². The number of amides is 1. The van der Waals surface area contributed by atoms with Gasteiger partial charge in [-0.2, -0.15) is 0 Å². The van der Waals surface area contributed by atoms with Gasteiger partial charge in [-0.25, -0.2) is 9.97 Å². The molecule has 1 aromatic heterocycles. The molecule has 6 heteroatoms. The molecule has 212 valence electrons. The number of benzene rings is 1. The second-order valence-electron chi connectivity index (χ2n) is 12.1. The molecule has 0 radical (unpaired) electrons. The fourth-order valence-electron chi connectivity index (χ4n) is 6.68. The Kier molecular flexibility index (Phi) is 10.7. The van der Waals surface area contributed by atoms with Crippen molar-refractivity contribution in [2.75, 3.05) is 13.1 Å². The van der Waals surface area contributed by atoms with Crippen molar-refractivity contribution in [1.29, 1.82) is 0 Å². The topological polar surface area (TPSA) is 66.4 Å². The Hall–Kier alpha value is -2.60. The summed E-state index contributed by atoms with van der Waals surface area (Å²) < 4.78 is 0. The minimum absolute atomic E-state index is 0.153. The van der Waals surface area contributed by atoms with Crippen molar-refractivity contribution in [3.05, 3.63) is 58.7 Å². The summed E-state index contributed by atoms with van der Waals surface area (Å²) in [6, 6.07) is 9.35. The van der Waals surface area contributed by atoms with Gasteiger partial charge in [-0.05, 0) is 77.7 Å². The van der Waals surface area contributed by atoms with Crippen LogP contribution in [-0.4, -0.2) is 56.6 Å². The molecule has 1 unspecified atom stereocenters. The van der Waals surface area contributed by atoms with Gasteiger partial charge in [0.1, 0.15) is 6.33 Å². The molecule has 0 spiro atoms. The second-order valence-corrected chi connectivity index (χ2v) is 12.1. The van der Waals surface area contributed by atoms with E-state index in [1.54, 1.807) is 0 Å². The van der Waals surface area contributed by atoms with Gasteiger partial charge < -0.3 is 9.80 Å².